The van der Waals surface area contributed by atoms with Gasteiger partial charge in [-0.3, -0.25) is 0 Å². The van der Waals surface area contributed by atoms with Crippen molar-refractivity contribution in [2.75, 3.05) is 12.8 Å². The van der Waals surface area contributed by atoms with Gasteiger partial charge in [-0.1, -0.05) is 6.07 Å². The molecule has 0 bridgehead atoms. The molecule has 0 heterocycles. The first-order valence-corrected chi connectivity index (χ1v) is 7.69. The van der Waals surface area contributed by atoms with Crippen molar-refractivity contribution >= 4 is 17.6 Å². The largest absolute Gasteiger partial charge is 0.465 e. The maximum Gasteiger partial charge on any atom is 0.340 e. The molecule has 0 saturated carbocycles. The van der Waals surface area contributed by atoms with E-state index in [9.17, 15) is 9.59 Å². The standard InChI is InChI=1S/C19H21NO5/c1-19(2,3)25-18(22)15-11-14(8-9-16(15)20)24-13-7-5-6-12(10-13)17(21)23-4/h5-11H,20H2,1-4H3. The highest BCUT2D eigenvalue weighted by atomic mass is 16.6. The maximum absolute atomic E-state index is 12.2. The van der Waals surface area contributed by atoms with Gasteiger partial charge < -0.3 is 19.9 Å². The smallest absolute Gasteiger partial charge is 0.340 e. The fraction of sp³-hybridized carbons (Fsp3) is 0.263. The SMILES string of the molecule is COC(=O)c1cccc(Oc2ccc(N)c(C(=O)OC(C)(C)C)c2)c1. The number of anilines is 1. The zero-order valence-electron chi connectivity index (χ0n) is 14.7. The summed E-state index contributed by atoms with van der Waals surface area (Å²) in [7, 11) is 1.31. The van der Waals surface area contributed by atoms with E-state index in [1.807, 2.05) is 0 Å². The number of hydrogen-bond donors (Lipinski definition) is 1. The summed E-state index contributed by atoms with van der Waals surface area (Å²) in [6.07, 6.45) is 0. The van der Waals surface area contributed by atoms with Crippen molar-refractivity contribution in [1.29, 1.82) is 0 Å². The van der Waals surface area contributed by atoms with Crippen LogP contribution in [0.25, 0.3) is 0 Å². The summed E-state index contributed by atoms with van der Waals surface area (Å²) in [6, 6.07) is 11.2. The minimum absolute atomic E-state index is 0.219. The van der Waals surface area contributed by atoms with Gasteiger partial charge in [0.15, 0.2) is 0 Å². The van der Waals surface area contributed by atoms with Crippen LogP contribution in [0.5, 0.6) is 11.5 Å². The first-order chi connectivity index (χ1) is 11.7. The Morgan fingerprint density at radius 1 is 0.960 bits per heavy atom. The second kappa shape index (κ2) is 7.25. The number of carbonyl (C=O) groups excluding carboxylic acids is 2. The molecule has 6 heteroatoms. The Kier molecular flexibility index (Phi) is 5.32. The van der Waals surface area contributed by atoms with Crippen LogP contribution >= 0.6 is 0 Å². The zero-order valence-corrected chi connectivity index (χ0v) is 14.7. The van der Waals surface area contributed by atoms with E-state index in [0.717, 1.165) is 0 Å². The van der Waals surface area contributed by atoms with Crippen LogP contribution in [0.4, 0.5) is 5.69 Å². The summed E-state index contributed by atoms with van der Waals surface area (Å²) < 4.78 is 15.7. The summed E-state index contributed by atoms with van der Waals surface area (Å²) in [5.41, 5.74) is 6.12. The second-order valence-corrected chi connectivity index (χ2v) is 6.37. The molecule has 0 radical (unpaired) electrons. The third kappa shape index (κ3) is 4.97. The Morgan fingerprint density at radius 2 is 1.64 bits per heavy atom. The van der Waals surface area contributed by atoms with Crippen LogP contribution < -0.4 is 10.5 Å². The molecule has 0 spiro atoms. The molecular formula is C19H21NO5. The van der Waals surface area contributed by atoms with Gasteiger partial charge in [0, 0.05) is 5.69 Å². The average molecular weight is 343 g/mol. The van der Waals surface area contributed by atoms with E-state index in [2.05, 4.69) is 4.74 Å². The van der Waals surface area contributed by atoms with Crippen LogP contribution in [0.1, 0.15) is 41.5 Å². The van der Waals surface area contributed by atoms with Crippen molar-refractivity contribution in [3.8, 4) is 11.5 Å². The number of esters is 2. The lowest BCUT2D eigenvalue weighted by Crippen LogP contribution is -2.24. The van der Waals surface area contributed by atoms with Gasteiger partial charge in [0.25, 0.3) is 0 Å². The molecule has 2 aromatic carbocycles. The van der Waals surface area contributed by atoms with Gasteiger partial charge in [-0.25, -0.2) is 9.59 Å². The topological polar surface area (TPSA) is 87.9 Å². The van der Waals surface area contributed by atoms with Gasteiger partial charge >= 0.3 is 11.9 Å². The van der Waals surface area contributed by atoms with E-state index in [0.29, 0.717) is 22.7 Å². The molecule has 0 atom stereocenters. The average Bonchev–Trinajstić information content (AvgIpc) is 2.54. The Balaban J connectivity index is 2.25. The van der Waals surface area contributed by atoms with E-state index < -0.39 is 17.5 Å². The van der Waals surface area contributed by atoms with Gasteiger partial charge in [-0.2, -0.15) is 0 Å². The van der Waals surface area contributed by atoms with Crippen LogP contribution in [-0.2, 0) is 9.47 Å². The minimum Gasteiger partial charge on any atom is -0.465 e. The van der Waals surface area contributed by atoms with E-state index in [-0.39, 0.29) is 5.56 Å². The molecule has 2 rings (SSSR count). The Morgan fingerprint density at radius 3 is 2.28 bits per heavy atom. The van der Waals surface area contributed by atoms with Crippen molar-refractivity contribution in [3.63, 3.8) is 0 Å². The number of carbonyl (C=O) groups is 2. The minimum atomic E-state index is -0.630. The summed E-state index contributed by atoms with van der Waals surface area (Å²) in [6.45, 7) is 5.33. The maximum atomic E-state index is 12.2. The Labute approximate surface area is 146 Å². The van der Waals surface area contributed by atoms with Gasteiger partial charge in [0.1, 0.15) is 17.1 Å². The van der Waals surface area contributed by atoms with E-state index in [4.69, 9.17) is 15.2 Å². The Bertz CT molecular complexity index is 793. The van der Waals surface area contributed by atoms with E-state index >= 15 is 0 Å². The second-order valence-electron chi connectivity index (χ2n) is 6.37. The van der Waals surface area contributed by atoms with Gasteiger partial charge in [-0.05, 0) is 57.2 Å². The predicted octanol–water partition coefficient (Wildman–Crippen LogP) is 3.80. The number of nitrogens with two attached hydrogens (primary N) is 1. The van der Waals surface area contributed by atoms with Crippen LogP contribution in [0.15, 0.2) is 42.5 Å². The first-order valence-electron chi connectivity index (χ1n) is 7.69. The van der Waals surface area contributed by atoms with Crippen LogP contribution in [0.2, 0.25) is 0 Å². The molecule has 0 aliphatic carbocycles. The highest BCUT2D eigenvalue weighted by Gasteiger charge is 2.20. The van der Waals surface area contributed by atoms with Crippen molar-refractivity contribution in [2.45, 2.75) is 26.4 Å². The fourth-order valence-corrected chi connectivity index (χ4v) is 2.05. The first kappa shape index (κ1) is 18.3. The van der Waals surface area contributed by atoms with Gasteiger partial charge in [-0.15, -0.1) is 0 Å². The lowest BCUT2D eigenvalue weighted by atomic mass is 10.1. The van der Waals surface area contributed by atoms with Crippen LogP contribution in [0.3, 0.4) is 0 Å². The van der Waals surface area contributed by atoms with Crippen molar-refractivity contribution in [1.82, 2.24) is 0 Å². The van der Waals surface area contributed by atoms with Gasteiger partial charge in [0.2, 0.25) is 0 Å². The molecular weight excluding hydrogens is 322 g/mol. The third-order valence-corrected chi connectivity index (χ3v) is 3.13. The lowest BCUT2D eigenvalue weighted by Gasteiger charge is -2.20. The summed E-state index contributed by atoms with van der Waals surface area (Å²) >= 11 is 0. The number of ether oxygens (including phenoxy) is 3. The quantitative estimate of drug-likeness (QED) is 0.671. The number of rotatable bonds is 4. The monoisotopic (exact) mass is 343 g/mol. The Hall–Kier alpha value is -3.02. The normalized spacial score (nSPS) is 10.9. The number of methoxy groups -OCH3 is 1. The van der Waals surface area contributed by atoms with E-state index in [1.54, 1.807) is 57.2 Å². The van der Waals surface area contributed by atoms with Crippen molar-refractivity contribution in [3.05, 3.63) is 53.6 Å². The molecule has 2 aromatic rings. The predicted molar refractivity (Wildman–Crippen MR) is 93.9 cm³/mol. The van der Waals surface area contributed by atoms with Crippen LogP contribution in [-0.4, -0.2) is 24.6 Å². The zero-order chi connectivity index (χ0) is 18.6. The molecule has 0 aliphatic heterocycles. The molecule has 2 N–H and O–H groups in total. The lowest BCUT2D eigenvalue weighted by molar-refractivity contribution is 0.00703. The molecule has 25 heavy (non-hydrogen) atoms. The molecule has 0 aliphatic rings. The highest BCUT2D eigenvalue weighted by molar-refractivity contribution is 5.95. The number of hydrogen-bond acceptors (Lipinski definition) is 6. The molecule has 6 nitrogen and oxygen atoms in total. The molecule has 0 fully saturated rings. The van der Waals surface area contributed by atoms with Crippen LogP contribution in [0, 0.1) is 0 Å². The molecule has 0 amide bonds. The molecule has 0 unspecified atom stereocenters. The van der Waals surface area contributed by atoms with E-state index in [1.165, 1.54) is 13.2 Å². The van der Waals surface area contributed by atoms with Gasteiger partial charge in [0.05, 0.1) is 18.2 Å². The number of nitrogen functional groups attached to an aromatic ring is 1. The third-order valence-electron chi connectivity index (χ3n) is 3.13. The number of benzene rings is 2. The molecule has 132 valence electrons. The highest BCUT2D eigenvalue weighted by Crippen LogP contribution is 2.27. The fourth-order valence-electron chi connectivity index (χ4n) is 2.05. The van der Waals surface area contributed by atoms with Crippen molar-refractivity contribution in [2.24, 2.45) is 0 Å². The summed E-state index contributed by atoms with van der Waals surface area (Å²) in [4.78, 5) is 23.8. The summed E-state index contributed by atoms with van der Waals surface area (Å²) in [5.74, 6) is -0.157. The molecule has 0 saturated heterocycles. The summed E-state index contributed by atoms with van der Waals surface area (Å²) in [5, 5.41) is 0. The molecule has 0 aromatic heterocycles. The van der Waals surface area contributed by atoms with Crippen molar-refractivity contribution < 1.29 is 23.8 Å².